The first-order valence-electron chi connectivity index (χ1n) is 6.07. The fraction of sp³-hybridized carbons (Fsp3) is 0.571. The quantitative estimate of drug-likeness (QED) is 0.743. The van der Waals surface area contributed by atoms with E-state index in [-0.39, 0.29) is 0 Å². The highest BCUT2D eigenvalue weighted by Gasteiger charge is 2.56. The maximum atomic E-state index is 5.83. The average Bonchev–Trinajstić information content (AvgIpc) is 2.99. The van der Waals surface area contributed by atoms with Gasteiger partial charge in [0.25, 0.3) is 0 Å². The maximum Gasteiger partial charge on any atom is 0.00000375 e. The molecule has 1 saturated carbocycles. The fourth-order valence-electron chi connectivity index (χ4n) is 3.47. The molecule has 2 aliphatic rings. The second kappa shape index (κ2) is 3.08. The zero-order valence-corrected chi connectivity index (χ0v) is 9.37. The lowest BCUT2D eigenvalue weighted by Crippen LogP contribution is -2.22. The van der Waals surface area contributed by atoms with Crippen LogP contribution < -0.4 is 5.73 Å². The molecule has 3 rings (SSSR count). The molecule has 3 unspecified atom stereocenters. The topological polar surface area (TPSA) is 26.0 Å². The lowest BCUT2D eigenvalue weighted by Gasteiger charge is -2.30. The van der Waals surface area contributed by atoms with Gasteiger partial charge in [0.15, 0.2) is 0 Å². The van der Waals surface area contributed by atoms with Crippen LogP contribution in [0.3, 0.4) is 0 Å². The Bertz CT molecular complexity index is 385. The molecule has 0 heterocycles. The smallest absolute Gasteiger partial charge is 0.00000375 e. The van der Waals surface area contributed by atoms with Crippen LogP contribution in [0.2, 0.25) is 0 Å². The molecule has 2 N–H and O–H groups in total. The molecule has 0 amide bonds. The summed E-state index contributed by atoms with van der Waals surface area (Å²) in [7, 11) is 0. The van der Waals surface area contributed by atoms with Gasteiger partial charge in [-0.15, -0.1) is 0 Å². The summed E-state index contributed by atoms with van der Waals surface area (Å²) in [5.74, 6) is 1.50. The Labute approximate surface area is 91.7 Å². The Hall–Kier alpha value is -0.820. The molecular weight excluding hydrogens is 182 g/mol. The summed E-state index contributed by atoms with van der Waals surface area (Å²) in [5, 5.41) is 0. The van der Waals surface area contributed by atoms with Crippen LogP contribution in [0.15, 0.2) is 24.3 Å². The van der Waals surface area contributed by atoms with Gasteiger partial charge in [0.1, 0.15) is 0 Å². The number of hydrogen-bond donors (Lipinski definition) is 1. The van der Waals surface area contributed by atoms with Crippen molar-refractivity contribution in [3.63, 3.8) is 0 Å². The van der Waals surface area contributed by atoms with Gasteiger partial charge in [0.05, 0.1) is 0 Å². The van der Waals surface area contributed by atoms with E-state index >= 15 is 0 Å². The van der Waals surface area contributed by atoms with Gasteiger partial charge in [-0.25, -0.2) is 0 Å². The second-order valence-corrected chi connectivity index (χ2v) is 5.32. The van der Waals surface area contributed by atoms with Crippen LogP contribution in [0.25, 0.3) is 0 Å². The highest BCUT2D eigenvalue weighted by Crippen LogP contribution is 2.61. The molecule has 0 saturated heterocycles. The molecule has 0 radical (unpaired) electrons. The molecule has 1 heteroatoms. The predicted molar refractivity (Wildman–Crippen MR) is 62.9 cm³/mol. The Morgan fingerprint density at radius 1 is 1.40 bits per heavy atom. The van der Waals surface area contributed by atoms with E-state index in [4.69, 9.17) is 5.73 Å². The van der Waals surface area contributed by atoms with E-state index in [1.807, 2.05) is 0 Å². The molecule has 1 nitrogen and oxygen atoms in total. The summed E-state index contributed by atoms with van der Waals surface area (Å²) in [6.07, 6.45) is 4.02. The molecule has 15 heavy (non-hydrogen) atoms. The van der Waals surface area contributed by atoms with Crippen molar-refractivity contribution in [3.8, 4) is 0 Å². The van der Waals surface area contributed by atoms with Crippen molar-refractivity contribution in [2.75, 3.05) is 6.54 Å². The van der Waals surface area contributed by atoms with E-state index in [9.17, 15) is 0 Å². The first kappa shape index (κ1) is 9.41. The first-order valence-corrected chi connectivity index (χ1v) is 6.07. The van der Waals surface area contributed by atoms with Gasteiger partial charge < -0.3 is 5.73 Å². The number of hydrogen-bond acceptors (Lipinski definition) is 1. The van der Waals surface area contributed by atoms with Gasteiger partial charge in [0, 0.05) is 5.41 Å². The predicted octanol–water partition coefficient (Wildman–Crippen LogP) is 2.80. The molecule has 1 spiro atoms. The minimum atomic E-state index is 0.484. The zero-order valence-electron chi connectivity index (χ0n) is 9.37. The standard InChI is InChI=1S/C14H19N/c1-10-6-7-14(8-11(14)9-15)13-5-3-2-4-12(10)13/h2-5,10-11H,6-9,15H2,1H3. The van der Waals surface area contributed by atoms with Crippen molar-refractivity contribution >= 4 is 0 Å². The number of fused-ring (bicyclic) bond motifs is 2. The van der Waals surface area contributed by atoms with Crippen LogP contribution in [0, 0.1) is 5.92 Å². The minimum absolute atomic E-state index is 0.484. The van der Waals surface area contributed by atoms with Crippen LogP contribution in [-0.2, 0) is 5.41 Å². The van der Waals surface area contributed by atoms with Crippen molar-refractivity contribution < 1.29 is 0 Å². The summed E-state index contributed by atoms with van der Waals surface area (Å²) in [4.78, 5) is 0. The molecule has 0 bridgehead atoms. The van der Waals surface area contributed by atoms with Gasteiger partial charge in [-0.05, 0) is 48.8 Å². The first-order chi connectivity index (χ1) is 7.28. The van der Waals surface area contributed by atoms with E-state index in [2.05, 4.69) is 31.2 Å². The van der Waals surface area contributed by atoms with Gasteiger partial charge in [-0.2, -0.15) is 0 Å². The zero-order chi connectivity index (χ0) is 10.5. The number of rotatable bonds is 1. The van der Waals surface area contributed by atoms with Gasteiger partial charge in [-0.3, -0.25) is 0 Å². The normalized spacial score (nSPS) is 37.7. The van der Waals surface area contributed by atoms with E-state index in [0.29, 0.717) is 5.41 Å². The van der Waals surface area contributed by atoms with Crippen LogP contribution in [0.4, 0.5) is 0 Å². The van der Waals surface area contributed by atoms with Gasteiger partial charge >= 0.3 is 0 Å². The Morgan fingerprint density at radius 2 is 2.20 bits per heavy atom. The average molecular weight is 201 g/mol. The van der Waals surface area contributed by atoms with Crippen molar-refractivity contribution in [2.45, 2.75) is 37.5 Å². The molecule has 80 valence electrons. The highest BCUT2D eigenvalue weighted by molar-refractivity contribution is 5.44. The third-order valence-corrected chi connectivity index (χ3v) is 4.57. The Kier molecular flexibility index (Phi) is 1.93. The lowest BCUT2D eigenvalue weighted by atomic mass is 9.74. The van der Waals surface area contributed by atoms with E-state index in [1.54, 1.807) is 11.1 Å². The highest BCUT2D eigenvalue weighted by atomic mass is 14.7. The summed E-state index contributed by atoms with van der Waals surface area (Å²) < 4.78 is 0. The summed E-state index contributed by atoms with van der Waals surface area (Å²) in [6.45, 7) is 3.22. The monoisotopic (exact) mass is 201 g/mol. The molecule has 1 aromatic rings. The number of nitrogens with two attached hydrogens (primary N) is 1. The maximum absolute atomic E-state index is 5.83. The summed E-state index contributed by atoms with van der Waals surface area (Å²) in [5.41, 5.74) is 9.51. The number of benzene rings is 1. The third-order valence-electron chi connectivity index (χ3n) is 4.57. The largest absolute Gasteiger partial charge is 0.330 e. The van der Waals surface area contributed by atoms with Gasteiger partial charge in [0.2, 0.25) is 0 Å². The van der Waals surface area contributed by atoms with E-state index in [1.165, 1.54) is 19.3 Å². The van der Waals surface area contributed by atoms with Crippen molar-refractivity contribution in [3.05, 3.63) is 35.4 Å². The fourth-order valence-corrected chi connectivity index (χ4v) is 3.47. The van der Waals surface area contributed by atoms with E-state index < -0.39 is 0 Å². The minimum Gasteiger partial charge on any atom is -0.330 e. The summed E-state index contributed by atoms with van der Waals surface area (Å²) in [6, 6.07) is 9.01. The molecule has 0 aromatic heterocycles. The third kappa shape index (κ3) is 1.19. The lowest BCUT2D eigenvalue weighted by molar-refractivity contribution is 0.460. The van der Waals surface area contributed by atoms with Crippen LogP contribution in [0.1, 0.15) is 43.2 Å². The SMILES string of the molecule is CC1CCC2(CC2CN)c2ccccc21. The van der Waals surface area contributed by atoms with Crippen molar-refractivity contribution in [1.82, 2.24) is 0 Å². The molecule has 1 aromatic carbocycles. The second-order valence-electron chi connectivity index (χ2n) is 5.32. The van der Waals surface area contributed by atoms with E-state index in [0.717, 1.165) is 18.4 Å². The molecule has 0 aliphatic heterocycles. The van der Waals surface area contributed by atoms with Gasteiger partial charge in [-0.1, -0.05) is 31.2 Å². The van der Waals surface area contributed by atoms with Crippen LogP contribution in [0.5, 0.6) is 0 Å². The molecular formula is C14H19N. The Balaban J connectivity index is 2.07. The molecule has 2 aliphatic carbocycles. The Morgan fingerprint density at radius 3 is 2.93 bits per heavy atom. The van der Waals surface area contributed by atoms with Crippen molar-refractivity contribution in [2.24, 2.45) is 11.7 Å². The summed E-state index contributed by atoms with van der Waals surface area (Å²) >= 11 is 0. The van der Waals surface area contributed by atoms with Crippen LogP contribution in [-0.4, -0.2) is 6.54 Å². The van der Waals surface area contributed by atoms with Crippen molar-refractivity contribution in [1.29, 1.82) is 0 Å². The van der Waals surface area contributed by atoms with Crippen LogP contribution >= 0.6 is 0 Å². The molecule has 3 atom stereocenters. The molecule has 1 fully saturated rings.